The van der Waals surface area contributed by atoms with Crippen molar-refractivity contribution in [3.8, 4) is 5.75 Å². The summed E-state index contributed by atoms with van der Waals surface area (Å²) in [5, 5.41) is -0.542. The van der Waals surface area contributed by atoms with Gasteiger partial charge < -0.3 is 4.74 Å². The van der Waals surface area contributed by atoms with Crippen LogP contribution in [0, 0.1) is 6.92 Å². The Balaban J connectivity index is 2.49. The highest BCUT2D eigenvalue weighted by Gasteiger charge is 2.17. The van der Waals surface area contributed by atoms with Crippen LogP contribution < -0.4 is 9.64 Å². The zero-order chi connectivity index (χ0) is 13.8. The quantitative estimate of drug-likeness (QED) is 0.610. The summed E-state index contributed by atoms with van der Waals surface area (Å²) in [5.74, 6) is 0.747. The van der Waals surface area contributed by atoms with Gasteiger partial charge in [0.25, 0.3) is 0 Å². The van der Waals surface area contributed by atoms with E-state index in [9.17, 15) is 4.79 Å². The molecular formula is C15H14ClNO2. The van der Waals surface area contributed by atoms with E-state index in [1.807, 2.05) is 49.4 Å². The molecule has 0 heterocycles. The Bertz CT molecular complexity index is 584. The molecule has 0 aromatic heterocycles. The Hall–Kier alpha value is -2.00. The molecule has 4 heteroatoms. The van der Waals surface area contributed by atoms with Gasteiger partial charge in [-0.25, -0.2) is 0 Å². The molecule has 0 unspecified atom stereocenters. The van der Waals surface area contributed by atoms with Gasteiger partial charge in [0.05, 0.1) is 18.5 Å². The highest BCUT2D eigenvalue weighted by atomic mass is 35.5. The summed E-state index contributed by atoms with van der Waals surface area (Å²) < 4.78 is 5.16. The number of carbonyl (C=O) groups excluding carboxylic acids is 1. The smallest absolute Gasteiger partial charge is 0.325 e. The number of anilines is 2. The van der Waals surface area contributed by atoms with Crippen molar-refractivity contribution in [1.29, 1.82) is 0 Å². The molecule has 0 N–H and O–H groups in total. The molecule has 3 nitrogen and oxygen atoms in total. The van der Waals surface area contributed by atoms with Crippen LogP contribution in [0.5, 0.6) is 5.75 Å². The number of aryl methyl sites for hydroxylation is 1. The number of nitrogens with zero attached hydrogens (tertiary/aromatic N) is 1. The minimum atomic E-state index is -0.542. The third kappa shape index (κ3) is 2.88. The lowest BCUT2D eigenvalue weighted by Gasteiger charge is -2.22. The fourth-order valence-corrected chi connectivity index (χ4v) is 2.11. The van der Waals surface area contributed by atoms with Crippen molar-refractivity contribution >= 4 is 28.3 Å². The fraction of sp³-hybridized carbons (Fsp3) is 0.133. The SMILES string of the molecule is COc1ccc(N(C(=O)Cl)c2ccccc2)c(C)c1. The fourth-order valence-electron chi connectivity index (χ4n) is 1.92. The monoisotopic (exact) mass is 275 g/mol. The Morgan fingerprint density at radius 2 is 1.84 bits per heavy atom. The number of ether oxygens (including phenoxy) is 1. The van der Waals surface area contributed by atoms with E-state index in [0.717, 1.165) is 22.7 Å². The molecule has 2 aromatic carbocycles. The standard InChI is InChI=1S/C15H14ClNO2/c1-11-10-13(19-2)8-9-14(11)17(15(16)18)12-6-4-3-5-7-12/h3-10H,1-2H3. The van der Waals surface area contributed by atoms with Crippen molar-refractivity contribution in [2.75, 3.05) is 12.0 Å². The molecule has 0 fully saturated rings. The van der Waals surface area contributed by atoms with Crippen molar-refractivity contribution in [2.45, 2.75) is 6.92 Å². The van der Waals surface area contributed by atoms with E-state index < -0.39 is 5.37 Å². The lowest BCUT2D eigenvalue weighted by atomic mass is 10.1. The molecule has 0 aliphatic rings. The average molecular weight is 276 g/mol. The number of amides is 1. The van der Waals surface area contributed by atoms with Crippen LogP contribution in [-0.2, 0) is 0 Å². The molecule has 0 aliphatic heterocycles. The Labute approximate surface area is 117 Å². The highest BCUT2D eigenvalue weighted by molar-refractivity contribution is 6.67. The van der Waals surface area contributed by atoms with Crippen molar-refractivity contribution in [3.63, 3.8) is 0 Å². The molecule has 1 amide bonds. The minimum Gasteiger partial charge on any atom is -0.497 e. The molecule has 0 spiro atoms. The summed E-state index contributed by atoms with van der Waals surface area (Å²) in [4.78, 5) is 13.2. The first-order valence-corrected chi connectivity index (χ1v) is 6.20. The summed E-state index contributed by atoms with van der Waals surface area (Å²) in [6, 6.07) is 14.8. The summed E-state index contributed by atoms with van der Waals surface area (Å²) in [6.45, 7) is 1.91. The third-order valence-corrected chi connectivity index (χ3v) is 3.00. The maximum Gasteiger partial charge on any atom is 0.325 e. The van der Waals surface area contributed by atoms with Gasteiger partial charge in [-0.15, -0.1) is 0 Å². The number of hydrogen-bond acceptors (Lipinski definition) is 2. The zero-order valence-electron chi connectivity index (χ0n) is 10.8. The molecule has 0 radical (unpaired) electrons. The van der Waals surface area contributed by atoms with Crippen molar-refractivity contribution in [2.24, 2.45) is 0 Å². The van der Waals surface area contributed by atoms with Crippen molar-refractivity contribution in [3.05, 3.63) is 54.1 Å². The van der Waals surface area contributed by atoms with Gasteiger partial charge in [0.15, 0.2) is 0 Å². The van der Waals surface area contributed by atoms with Crippen LogP contribution in [0.4, 0.5) is 16.2 Å². The number of rotatable bonds is 3. The predicted molar refractivity (Wildman–Crippen MR) is 77.6 cm³/mol. The maximum absolute atomic E-state index is 11.7. The molecule has 98 valence electrons. The number of para-hydroxylation sites is 1. The van der Waals surface area contributed by atoms with E-state index >= 15 is 0 Å². The van der Waals surface area contributed by atoms with Gasteiger partial charge in [-0.3, -0.25) is 9.69 Å². The van der Waals surface area contributed by atoms with Gasteiger partial charge in [0.2, 0.25) is 0 Å². The molecule has 0 saturated heterocycles. The van der Waals surface area contributed by atoms with Crippen molar-refractivity contribution < 1.29 is 9.53 Å². The van der Waals surface area contributed by atoms with E-state index in [1.54, 1.807) is 13.2 Å². The van der Waals surface area contributed by atoms with Gasteiger partial charge in [-0.1, -0.05) is 18.2 Å². The second-order valence-electron chi connectivity index (χ2n) is 4.08. The Morgan fingerprint density at radius 3 is 2.37 bits per heavy atom. The molecule has 0 aliphatic carbocycles. The van der Waals surface area contributed by atoms with E-state index in [0.29, 0.717) is 0 Å². The van der Waals surface area contributed by atoms with Gasteiger partial charge in [0.1, 0.15) is 5.75 Å². The van der Waals surface area contributed by atoms with Crippen LogP contribution in [-0.4, -0.2) is 12.5 Å². The first kappa shape index (κ1) is 13.4. The maximum atomic E-state index is 11.7. The second kappa shape index (κ2) is 5.76. The molecule has 19 heavy (non-hydrogen) atoms. The van der Waals surface area contributed by atoms with Crippen molar-refractivity contribution in [1.82, 2.24) is 0 Å². The largest absolute Gasteiger partial charge is 0.497 e. The first-order valence-electron chi connectivity index (χ1n) is 5.83. The van der Waals surface area contributed by atoms with Crippen LogP contribution in [0.2, 0.25) is 0 Å². The van der Waals surface area contributed by atoms with Crippen LogP contribution in [0.3, 0.4) is 0 Å². The normalized spacial score (nSPS) is 10.1. The van der Waals surface area contributed by atoms with Crippen LogP contribution in [0.15, 0.2) is 48.5 Å². The predicted octanol–water partition coefficient (Wildman–Crippen LogP) is 4.50. The number of benzene rings is 2. The third-order valence-electron chi connectivity index (χ3n) is 2.84. The summed E-state index contributed by atoms with van der Waals surface area (Å²) in [6.07, 6.45) is 0. The average Bonchev–Trinajstić information content (AvgIpc) is 2.41. The summed E-state index contributed by atoms with van der Waals surface area (Å²) in [5.41, 5.74) is 2.39. The molecular weight excluding hydrogens is 262 g/mol. The van der Waals surface area contributed by atoms with Gasteiger partial charge >= 0.3 is 5.37 Å². The highest BCUT2D eigenvalue weighted by Crippen LogP contribution is 2.31. The van der Waals surface area contributed by atoms with E-state index in [2.05, 4.69) is 0 Å². The lowest BCUT2D eigenvalue weighted by molar-refractivity contribution is 0.266. The molecule has 0 bridgehead atoms. The molecule has 2 aromatic rings. The molecule has 0 atom stereocenters. The molecule has 0 saturated carbocycles. The lowest BCUT2D eigenvalue weighted by Crippen LogP contribution is -2.20. The van der Waals surface area contributed by atoms with Crippen LogP contribution in [0.25, 0.3) is 0 Å². The summed E-state index contributed by atoms with van der Waals surface area (Å²) >= 11 is 5.71. The Morgan fingerprint density at radius 1 is 1.16 bits per heavy atom. The number of methoxy groups -OCH3 is 1. The van der Waals surface area contributed by atoms with E-state index in [-0.39, 0.29) is 0 Å². The summed E-state index contributed by atoms with van der Waals surface area (Å²) in [7, 11) is 1.61. The number of hydrogen-bond donors (Lipinski definition) is 0. The van der Waals surface area contributed by atoms with Crippen LogP contribution in [0.1, 0.15) is 5.56 Å². The van der Waals surface area contributed by atoms with Gasteiger partial charge in [0, 0.05) is 0 Å². The Kier molecular flexibility index (Phi) is 4.07. The van der Waals surface area contributed by atoms with E-state index in [4.69, 9.17) is 16.3 Å². The van der Waals surface area contributed by atoms with E-state index in [1.165, 1.54) is 4.90 Å². The zero-order valence-corrected chi connectivity index (χ0v) is 11.5. The van der Waals surface area contributed by atoms with Crippen LogP contribution >= 0.6 is 11.6 Å². The minimum absolute atomic E-state index is 0.542. The second-order valence-corrected chi connectivity index (χ2v) is 4.40. The van der Waals surface area contributed by atoms with Gasteiger partial charge in [-0.05, 0) is 54.4 Å². The molecule has 2 rings (SSSR count). The van der Waals surface area contributed by atoms with Gasteiger partial charge in [-0.2, -0.15) is 0 Å². The number of carbonyl (C=O) groups is 1. The first-order chi connectivity index (χ1) is 9.13. The topological polar surface area (TPSA) is 29.5 Å². The number of halogens is 1.